The minimum atomic E-state index is -2.18. The molecule has 1 unspecified atom stereocenters. The number of halogens is 3. The second-order valence-corrected chi connectivity index (χ2v) is 4.11. The van der Waals surface area contributed by atoms with E-state index < -0.39 is 11.1 Å². The van der Waals surface area contributed by atoms with Crippen LogP contribution in [0, 0.1) is 0 Å². The maximum Gasteiger partial charge on any atom is 1.00 e. The van der Waals surface area contributed by atoms with E-state index in [-0.39, 0.29) is 45.9 Å². The third-order valence-electron chi connectivity index (χ3n) is 1.14. The normalized spacial score (nSPS) is 12.0. The zero-order valence-electron chi connectivity index (χ0n) is 7.55. The standard InChI is InChI=1S/C6H3Cl3O2S.Na.H/c7-3-1-4(8)6(12(10)11)5(9)2-3;;/h1-2H,(H,10,11);;/q;+1;-1. The molecule has 0 fully saturated rings. The first kappa shape index (κ1) is 14.2. The zero-order valence-corrected chi connectivity index (χ0v) is 11.6. The monoisotopic (exact) mass is 268 g/mol. The summed E-state index contributed by atoms with van der Waals surface area (Å²) in [5.74, 6) is 0. The Bertz CT molecular complexity index is 327. The van der Waals surface area contributed by atoms with Crippen molar-refractivity contribution >= 4 is 45.9 Å². The van der Waals surface area contributed by atoms with Crippen molar-refractivity contribution in [2.24, 2.45) is 0 Å². The Morgan fingerprint density at radius 3 is 1.92 bits per heavy atom. The quantitative estimate of drug-likeness (QED) is 0.590. The number of rotatable bonds is 1. The zero-order chi connectivity index (χ0) is 9.30. The van der Waals surface area contributed by atoms with Crippen LogP contribution >= 0.6 is 34.8 Å². The van der Waals surface area contributed by atoms with E-state index in [1.165, 1.54) is 12.1 Å². The molecule has 1 aromatic rings. The molecule has 1 rings (SSSR count). The van der Waals surface area contributed by atoms with Gasteiger partial charge in [0.2, 0.25) is 0 Å². The van der Waals surface area contributed by atoms with E-state index in [1.54, 1.807) is 0 Å². The van der Waals surface area contributed by atoms with Gasteiger partial charge in [-0.25, -0.2) is 4.21 Å². The van der Waals surface area contributed by atoms with Crippen molar-refractivity contribution in [2.45, 2.75) is 4.90 Å². The van der Waals surface area contributed by atoms with Gasteiger partial charge in [-0.1, -0.05) is 34.8 Å². The van der Waals surface area contributed by atoms with Crippen LogP contribution in [0.5, 0.6) is 0 Å². The molecule has 1 N–H and O–H groups in total. The van der Waals surface area contributed by atoms with E-state index in [0.29, 0.717) is 5.02 Å². The van der Waals surface area contributed by atoms with Crippen molar-refractivity contribution in [1.29, 1.82) is 0 Å². The fourth-order valence-corrected chi connectivity index (χ4v) is 2.36. The third-order valence-corrected chi connectivity index (χ3v) is 2.97. The van der Waals surface area contributed by atoms with Crippen LogP contribution in [0.4, 0.5) is 0 Å². The molecule has 0 spiro atoms. The SMILES string of the molecule is O=S(O)c1c(Cl)cc(Cl)cc1Cl.[H-].[Na+]. The molecule has 0 saturated carbocycles. The molecule has 7 heteroatoms. The van der Waals surface area contributed by atoms with Crippen LogP contribution in [0.1, 0.15) is 1.43 Å². The summed E-state index contributed by atoms with van der Waals surface area (Å²) in [6.07, 6.45) is 0. The first-order valence-corrected chi connectivity index (χ1v) is 5.02. The topological polar surface area (TPSA) is 37.3 Å². The second-order valence-electron chi connectivity index (χ2n) is 1.95. The van der Waals surface area contributed by atoms with Gasteiger partial charge in [0.1, 0.15) is 4.90 Å². The van der Waals surface area contributed by atoms with Gasteiger partial charge in [0, 0.05) is 5.02 Å². The van der Waals surface area contributed by atoms with Crippen molar-refractivity contribution in [3.63, 3.8) is 0 Å². The molecule has 0 aliphatic heterocycles. The molecular weight excluding hydrogens is 265 g/mol. The van der Waals surface area contributed by atoms with Crippen molar-refractivity contribution in [1.82, 2.24) is 0 Å². The summed E-state index contributed by atoms with van der Waals surface area (Å²) in [6, 6.07) is 2.72. The van der Waals surface area contributed by atoms with Crippen molar-refractivity contribution in [3.05, 3.63) is 27.2 Å². The summed E-state index contributed by atoms with van der Waals surface area (Å²) in [4.78, 5) is -0.0114. The number of hydrogen-bond donors (Lipinski definition) is 1. The van der Waals surface area contributed by atoms with Crippen LogP contribution in [-0.4, -0.2) is 8.76 Å². The summed E-state index contributed by atoms with van der Waals surface area (Å²) < 4.78 is 19.4. The average Bonchev–Trinajstić information content (AvgIpc) is 1.82. The molecule has 1 atom stereocenters. The maximum absolute atomic E-state index is 10.7. The minimum Gasteiger partial charge on any atom is -1.00 e. The second kappa shape index (κ2) is 5.93. The molecule has 0 radical (unpaired) electrons. The van der Waals surface area contributed by atoms with Gasteiger partial charge in [0.05, 0.1) is 10.0 Å². The predicted octanol–water partition coefficient (Wildman–Crippen LogP) is 0.344. The van der Waals surface area contributed by atoms with E-state index in [1.807, 2.05) is 0 Å². The van der Waals surface area contributed by atoms with Gasteiger partial charge in [-0.15, -0.1) is 0 Å². The molecule has 68 valence electrons. The Hall–Kier alpha value is 1.20. The van der Waals surface area contributed by atoms with Gasteiger partial charge in [0.25, 0.3) is 0 Å². The predicted molar refractivity (Wildman–Crippen MR) is 51.6 cm³/mol. The van der Waals surface area contributed by atoms with Gasteiger partial charge in [-0.3, -0.25) is 0 Å². The Balaban J connectivity index is 0. The van der Waals surface area contributed by atoms with Gasteiger partial charge < -0.3 is 5.98 Å². The molecule has 0 bridgehead atoms. The molecular formula is C6H4Cl3NaO2S. The van der Waals surface area contributed by atoms with Crippen LogP contribution in [0.25, 0.3) is 0 Å². The first-order chi connectivity index (χ1) is 5.52. The summed E-state index contributed by atoms with van der Waals surface area (Å²) in [5, 5.41) is 0.515. The van der Waals surface area contributed by atoms with E-state index in [2.05, 4.69) is 0 Å². The van der Waals surface area contributed by atoms with E-state index >= 15 is 0 Å². The molecule has 0 aliphatic rings. The van der Waals surface area contributed by atoms with Crippen LogP contribution in [0.15, 0.2) is 17.0 Å². The maximum atomic E-state index is 10.7. The first-order valence-electron chi connectivity index (χ1n) is 2.78. The van der Waals surface area contributed by atoms with E-state index in [0.717, 1.165) is 0 Å². The summed E-state index contributed by atoms with van der Waals surface area (Å²) in [5.41, 5.74) is 0. The number of benzene rings is 1. The molecule has 0 saturated heterocycles. The third kappa shape index (κ3) is 3.68. The number of hydrogen-bond acceptors (Lipinski definition) is 1. The van der Waals surface area contributed by atoms with E-state index in [9.17, 15) is 4.21 Å². The van der Waals surface area contributed by atoms with Crippen LogP contribution in [0.3, 0.4) is 0 Å². The van der Waals surface area contributed by atoms with Crippen LogP contribution in [-0.2, 0) is 11.1 Å². The summed E-state index contributed by atoms with van der Waals surface area (Å²) in [6.45, 7) is 0. The Morgan fingerprint density at radius 2 is 1.62 bits per heavy atom. The van der Waals surface area contributed by atoms with Gasteiger partial charge >= 0.3 is 29.6 Å². The van der Waals surface area contributed by atoms with Gasteiger partial charge in [-0.2, -0.15) is 0 Å². The van der Waals surface area contributed by atoms with E-state index in [4.69, 9.17) is 39.4 Å². The van der Waals surface area contributed by atoms with Gasteiger partial charge in [0.15, 0.2) is 11.1 Å². The Labute approximate surface area is 117 Å². The van der Waals surface area contributed by atoms with Crippen molar-refractivity contribution < 1.29 is 39.7 Å². The molecule has 0 amide bonds. The fraction of sp³-hybridized carbons (Fsp3) is 0. The molecule has 2 nitrogen and oxygen atoms in total. The Morgan fingerprint density at radius 1 is 1.23 bits per heavy atom. The molecule has 0 aromatic heterocycles. The largest absolute Gasteiger partial charge is 1.00 e. The van der Waals surface area contributed by atoms with Crippen LogP contribution < -0.4 is 29.6 Å². The average molecular weight is 270 g/mol. The van der Waals surface area contributed by atoms with Crippen molar-refractivity contribution in [3.8, 4) is 0 Å². The summed E-state index contributed by atoms with van der Waals surface area (Å²) >= 11 is 14.6. The Kier molecular flexibility index (Phi) is 6.48. The molecule has 1 aromatic carbocycles. The molecule has 0 aliphatic carbocycles. The molecule has 0 heterocycles. The van der Waals surface area contributed by atoms with Crippen molar-refractivity contribution in [2.75, 3.05) is 0 Å². The minimum absolute atomic E-state index is 0. The smallest absolute Gasteiger partial charge is 1.00 e. The summed E-state index contributed by atoms with van der Waals surface area (Å²) in [7, 11) is 0. The van der Waals surface area contributed by atoms with Gasteiger partial charge in [-0.05, 0) is 12.1 Å². The molecule has 13 heavy (non-hydrogen) atoms. The fourth-order valence-electron chi connectivity index (χ4n) is 0.696. The van der Waals surface area contributed by atoms with Crippen LogP contribution in [0.2, 0.25) is 15.1 Å².